The zero-order chi connectivity index (χ0) is 15.2. The second-order valence-electron chi connectivity index (χ2n) is 5.42. The summed E-state index contributed by atoms with van der Waals surface area (Å²) in [6, 6.07) is 2.94. The average Bonchev–Trinajstić information content (AvgIpc) is 2.94. The van der Waals surface area contributed by atoms with Crippen LogP contribution < -0.4 is 21.7 Å². The highest BCUT2D eigenvalue weighted by Crippen LogP contribution is 2.22. The number of hydrogen-bond acceptors (Lipinski definition) is 4. The Kier molecular flexibility index (Phi) is 7.64. The van der Waals surface area contributed by atoms with Gasteiger partial charge in [-0.25, -0.2) is 4.79 Å². The van der Waals surface area contributed by atoms with Gasteiger partial charge < -0.3 is 21.7 Å². The van der Waals surface area contributed by atoms with Crippen molar-refractivity contribution in [2.24, 2.45) is 11.7 Å². The van der Waals surface area contributed by atoms with Crippen LogP contribution >= 0.6 is 23.7 Å². The standard InChI is InChI=1S/C14H22N4O2S.ClH/c1-9-4-5-16-8-11(9)17-13(19)7-10(18-14(15)20)12-3-2-6-21-12;/h2-3,6,9-11,16H,4-5,7-8H2,1H3,(H,17,19)(H3,15,18,20);1H. The topological polar surface area (TPSA) is 96.2 Å². The number of carbonyl (C=O) groups is 2. The van der Waals surface area contributed by atoms with Gasteiger partial charge in [0.05, 0.1) is 12.5 Å². The van der Waals surface area contributed by atoms with Crippen molar-refractivity contribution in [3.8, 4) is 0 Å². The molecule has 1 aromatic heterocycles. The molecule has 1 fully saturated rings. The Morgan fingerprint density at radius 2 is 2.32 bits per heavy atom. The number of urea groups is 1. The van der Waals surface area contributed by atoms with Crippen molar-refractivity contribution in [3.63, 3.8) is 0 Å². The van der Waals surface area contributed by atoms with Gasteiger partial charge in [0, 0.05) is 17.5 Å². The summed E-state index contributed by atoms with van der Waals surface area (Å²) in [5, 5.41) is 10.9. The van der Waals surface area contributed by atoms with Crippen LogP contribution in [0.4, 0.5) is 4.79 Å². The lowest BCUT2D eigenvalue weighted by atomic mass is 9.94. The Morgan fingerprint density at radius 1 is 1.55 bits per heavy atom. The molecule has 0 aliphatic carbocycles. The fraction of sp³-hybridized carbons (Fsp3) is 0.571. The zero-order valence-electron chi connectivity index (χ0n) is 12.5. The van der Waals surface area contributed by atoms with Gasteiger partial charge in [-0.2, -0.15) is 0 Å². The Morgan fingerprint density at radius 3 is 2.91 bits per heavy atom. The van der Waals surface area contributed by atoms with E-state index in [2.05, 4.69) is 22.9 Å². The van der Waals surface area contributed by atoms with E-state index in [1.165, 1.54) is 11.3 Å². The van der Waals surface area contributed by atoms with Crippen LogP contribution in [0, 0.1) is 5.92 Å². The van der Waals surface area contributed by atoms with E-state index >= 15 is 0 Å². The maximum absolute atomic E-state index is 12.2. The minimum Gasteiger partial charge on any atom is -0.352 e. The number of hydrogen-bond donors (Lipinski definition) is 4. The van der Waals surface area contributed by atoms with Gasteiger partial charge in [0.25, 0.3) is 0 Å². The van der Waals surface area contributed by atoms with Crippen LogP contribution in [0.25, 0.3) is 0 Å². The molecule has 0 radical (unpaired) electrons. The van der Waals surface area contributed by atoms with Crippen LogP contribution in [0.2, 0.25) is 0 Å². The molecule has 124 valence electrons. The van der Waals surface area contributed by atoms with E-state index in [0.29, 0.717) is 5.92 Å². The number of rotatable bonds is 5. The van der Waals surface area contributed by atoms with Crippen molar-refractivity contribution in [2.75, 3.05) is 13.1 Å². The molecular weight excluding hydrogens is 324 g/mol. The van der Waals surface area contributed by atoms with Gasteiger partial charge in [-0.05, 0) is 30.3 Å². The number of thiophene rings is 1. The second kappa shape index (κ2) is 8.97. The molecule has 8 heteroatoms. The Hall–Kier alpha value is -1.31. The first-order valence-electron chi connectivity index (χ1n) is 7.15. The van der Waals surface area contributed by atoms with E-state index in [-0.39, 0.29) is 36.8 Å². The average molecular weight is 347 g/mol. The van der Waals surface area contributed by atoms with Crippen LogP contribution in [0.1, 0.15) is 30.7 Å². The third kappa shape index (κ3) is 5.47. The molecule has 0 spiro atoms. The van der Waals surface area contributed by atoms with E-state index in [9.17, 15) is 9.59 Å². The van der Waals surface area contributed by atoms with Crippen molar-refractivity contribution in [1.82, 2.24) is 16.0 Å². The molecule has 3 amide bonds. The van der Waals surface area contributed by atoms with E-state index < -0.39 is 6.03 Å². The Bertz CT molecular complexity index is 483. The van der Waals surface area contributed by atoms with Crippen LogP contribution in [-0.4, -0.2) is 31.1 Å². The molecule has 1 aromatic rings. The summed E-state index contributed by atoms with van der Waals surface area (Å²) in [7, 11) is 0. The number of nitrogens with two attached hydrogens (primary N) is 1. The van der Waals surface area contributed by atoms with Gasteiger partial charge >= 0.3 is 6.03 Å². The van der Waals surface area contributed by atoms with Crippen molar-refractivity contribution < 1.29 is 9.59 Å². The molecule has 5 N–H and O–H groups in total. The lowest BCUT2D eigenvalue weighted by Crippen LogP contribution is -2.50. The van der Waals surface area contributed by atoms with Gasteiger partial charge in [-0.15, -0.1) is 23.7 Å². The molecule has 3 atom stereocenters. The normalized spacial score (nSPS) is 22.2. The molecule has 3 unspecified atom stereocenters. The van der Waals surface area contributed by atoms with Crippen LogP contribution in [0.3, 0.4) is 0 Å². The first-order chi connectivity index (χ1) is 10.1. The van der Waals surface area contributed by atoms with Crippen molar-refractivity contribution in [1.29, 1.82) is 0 Å². The fourth-order valence-electron chi connectivity index (χ4n) is 2.52. The summed E-state index contributed by atoms with van der Waals surface area (Å²) < 4.78 is 0. The summed E-state index contributed by atoms with van der Waals surface area (Å²) >= 11 is 1.50. The number of primary amides is 1. The molecule has 1 saturated heterocycles. The van der Waals surface area contributed by atoms with Gasteiger partial charge in [-0.1, -0.05) is 13.0 Å². The van der Waals surface area contributed by atoms with Crippen LogP contribution in [-0.2, 0) is 4.79 Å². The SMILES string of the molecule is CC1CCNCC1NC(=O)CC(NC(N)=O)c1cccs1.Cl. The Labute approximate surface area is 140 Å². The minimum atomic E-state index is -0.617. The van der Waals surface area contributed by atoms with Crippen LogP contribution in [0.15, 0.2) is 17.5 Å². The number of carbonyl (C=O) groups excluding carboxylic acids is 2. The molecule has 2 heterocycles. The lowest BCUT2D eigenvalue weighted by Gasteiger charge is -2.30. The van der Waals surface area contributed by atoms with Gasteiger partial charge in [-0.3, -0.25) is 4.79 Å². The molecule has 6 nitrogen and oxygen atoms in total. The second-order valence-corrected chi connectivity index (χ2v) is 6.40. The highest BCUT2D eigenvalue weighted by Gasteiger charge is 2.25. The molecular formula is C14H23ClN4O2S. The largest absolute Gasteiger partial charge is 0.352 e. The van der Waals surface area contributed by atoms with E-state index in [1.807, 2.05) is 17.5 Å². The molecule has 2 rings (SSSR count). The number of amides is 3. The first kappa shape index (κ1) is 18.7. The van der Waals surface area contributed by atoms with E-state index in [0.717, 1.165) is 24.4 Å². The summed E-state index contributed by atoms with van der Waals surface area (Å²) in [5.74, 6) is 0.391. The predicted octanol–water partition coefficient (Wildman–Crippen LogP) is 1.38. The number of halogens is 1. The third-order valence-electron chi connectivity index (χ3n) is 3.77. The number of nitrogens with one attached hydrogen (secondary N) is 3. The maximum Gasteiger partial charge on any atom is 0.312 e. The smallest absolute Gasteiger partial charge is 0.312 e. The third-order valence-corrected chi connectivity index (χ3v) is 4.75. The van der Waals surface area contributed by atoms with Gasteiger partial charge in [0.1, 0.15) is 0 Å². The minimum absolute atomic E-state index is 0. The summed E-state index contributed by atoms with van der Waals surface area (Å²) in [6.07, 6.45) is 1.26. The Balaban J connectivity index is 0.00000242. The summed E-state index contributed by atoms with van der Waals surface area (Å²) in [4.78, 5) is 24.2. The molecule has 0 bridgehead atoms. The molecule has 1 aliphatic rings. The molecule has 22 heavy (non-hydrogen) atoms. The van der Waals surface area contributed by atoms with E-state index in [4.69, 9.17) is 5.73 Å². The number of piperidine rings is 1. The summed E-state index contributed by atoms with van der Waals surface area (Å²) in [5.41, 5.74) is 5.19. The van der Waals surface area contributed by atoms with Crippen molar-refractivity contribution in [2.45, 2.75) is 31.8 Å². The monoisotopic (exact) mass is 346 g/mol. The van der Waals surface area contributed by atoms with E-state index in [1.54, 1.807) is 0 Å². The van der Waals surface area contributed by atoms with Gasteiger partial charge in [0.15, 0.2) is 0 Å². The maximum atomic E-state index is 12.2. The lowest BCUT2D eigenvalue weighted by molar-refractivity contribution is -0.122. The van der Waals surface area contributed by atoms with Crippen molar-refractivity contribution >= 4 is 35.7 Å². The van der Waals surface area contributed by atoms with Crippen molar-refractivity contribution in [3.05, 3.63) is 22.4 Å². The first-order valence-corrected chi connectivity index (χ1v) is 8.03. The quantitative estimate of drug-likeness (QED) is 0.648. The zero-order valence-corrected chi connectivity index (χ0v) is 14.1. The molecule has 1 aliphatic heterocycles. The predicted molar refractivity (Wildman–Crippen MR) is 90.2 cm³/mol. The summed E-state index contributed by atoms with van der Waals surface area (Å²) in [6.45, 7) is 3.93. The van der Waals surface area contributed by atoms with Gasteiger partial charge in [0.2, 0.25) is 5.91 Å². The molecule has 0 saturated carbocycles. The van der Waals surface area contributed by atoms with Crippen LogP contribution in [0.5, 0.6) is 0 Å². The highest BCUT2D eigenvalue weighted by atomic mass is 35.5. The fourth-order valence-corrected chi connectivity index (χ4v) is 3.30. The molecule has 0 aromatic carbocycles. The highest BCUT2D eigenvalue weighted by molar-refractivity contribution is 7.10.